The Balaban J connectivity index is 0.00000280. The van der Waals surface area contributed by atoms with Crippen LogP contribution in [-0.4, -0.2) is 38.8 Å². The molecule has 2 heterocycles. The summed E-state index contributed by atoms with van der Waals surface area (Å²) in [4.78, 5) is 4.95. The third-order valence-electron chi connectivity index (χ3n) is 5.29. The zero-order valence-electron chi connectivity index (χ0n) is 16.9. The molecule has 0 unspecified atom stereocenters. The van der Waals surface area contributed by atoms with Crippen molar-refractivity contribution in [2.24, 2.45) is 4.99 Å². The summed E-state index contributed by atoms with van der Waals surface area (Å²) in [6.45, 7) is 8.28. The zero-order valence-corrected chi connectivity index (χ0v) is 19.2. The van der Waals surface area contributed by atoms with Gasteiger partial charge in [-0.15, -0.1) is 24.0 Å². The second kappa shape index (κ2) is 11.5. The highest BCUT2D eigenvalue weighted by atomic mass is 127. The highest BCUT2D eigenvalue weighted by Gasteiger charge is 2.35. The first kappa shape index (κ1) is 22.7. The summed E-state index contributed by atoms with van der Waals surface area (Å²) < 4.78 is 11.1. The monoisotopic (exact) mass is 497 g/mol. The molecule has 154 valence electrons. The smallest absolute Gasteiger partial charge is 0.191 e. The van der Waals surface area contributed by atoms with Crippen LogP contribution in [0, 0.1) is 6.92 Å². The van der Waals surface area contributed by atoms with Crippen LogP contribution in [0.3, 0.4) is 0 Å². The van der Waals surface area contributed by atoms with Gasteiger partial charge in [-0.05, 0) is 49.9 Å². The number of rotatable bonds is 7. The van der Waals surface area contributed by atoms with E-state index in [0.717, 1.165) is 63.8 Å². The van der Waals surface area contributed by atoms with E-state index in [4.69, 9.17) is 14.1 Å². The number of benzene rings is 1. The van der Waals surface area contributed by atoms with Crippen molar-refractivity contribution in [1.82, 2.24) is 10.6 Å². The molecular formula is C22H32IN3O2. The molecule has 6 heteroatoms. The molecule has 0 aliphatic carbocycles. The fourth-order valence-corrected chi connectivity index (χ4v) is 3.77. The van der Waals surface area contributed by atoms with Gasteiger partial charge < -0.3 is 19.8 Å². The van der Waals surface area contributed by atoms with E-state index in [1.807, 2.05) is 12.1 Å². The van der Waals surface area contributed by atoms with Gasteiger partial charge >= 0.3 is 0 Å². The Hall–Kier alpha value is -1.54. The molecule has 28 heavy (non-hydrogen) atoms. The average Bonchev–Trinajstić information content (AvgIpc) is 3.21. The van der Waals surface area contributed by atoms with Crippen molar-refractivity contribution in [1.29, 1.82) is 0 Å². The largest absolute Gasteiger partial charge is 0.469 e. The number of hydrogen-bond donors (Lipinski definition) is 2. The summed E-state index contributed by atoms with van der Waals surface area (Å²) in [6, 6.07) is 12.6. The summed E-state index contributed by atoms with van der Waals surface area (Å²) in [5, 5.41) is 6.79. The number of ether oxygens (including phenoxy) is 1. The Morgan fingerprint density at radius 1 is 1.11 bits per heavy atom. The molecule has 0 bridgehead atoms. The lowest BCUT2D eigenvalue weighted by molar-refractivity contribution is 0.0529. The van der Waals surface area contributed by atoms with Crippen LogP contribution in [-0.2, 0) is 16.6 Å². The first-order chi connectivity index (χ1) is 13.2. The predicted octanol–water partition coefficient (Wildman–Crippen LogP) is 4.05. The lowest BCUT2D eigenvalue weighted by Gasteiger charge is -2.37. The third kappa shape index (κ3) is 5.98. The van der Waals surface area contributed by atoms with Crippen molar-refractivity contribution in [2.45, 2.75) is 38.5 Å². The summed E-state index contributed by atoms with van der Waals surface area (Å²) in [6.07, 6.45) is 4.57. The van der Waals surface area contributed by atoms with Gasteiger partial charge in [-0.3, -0.25) is 4.99 Å². The van der Waals surface area contributed by atoms with Gasteiger partial charge in [0.25, 0.3) is 0 Å². The quantitative estimate of drug-likeness (QED) is 0.344. The fourth-order valence-electron chi connectivity index (χ4n) is 3.77. The molecule has 1 fully saturated rings. The summed E-state index contributed by atoms with van der Waals surface area (Å²) in [5.41, 5.74) is 2.79. The number of aryl methyl sites for hydroxylation is 1. The molecule has 1 saturated heterocycles. The maximum atomic E-state index is 5.66. The minimum absolute atomic E-state index is 0. The molecule has 2 N–H and O–H groups in total. The van der Waals surface area contributed by atoms with Gasteiger partial charge in [0, 0.05) is 38.1 Å². The van der Waals surface area contributed by atoms with Gasteiger partial charge in [0.05, 0.1) is 12.8 Å². The van der Waals surface area contributed by atoms with Crippen LogP contribution < -0.4 is 10.6 Å². The van der Waals surface area contributed by atoms with Gasteiger partial charge in [0.15, 0.2) is 5.96 Å². The van der Waals surface area contributed by atoms with Crippen LogP contribution in [0.2, 0.25) is 0 Å². The summed E-state index contributed by atoms with van der Waals surface area (Å²) in [5.74, 6) is 1.85. The highest BCUT2D eigenvalue weighted by molar-refractivity contribution is 14.0. The molecule has 1 aliphatic rings. The Bertz CT molecular complexity index is 725. The van der Waals surface area contributed by atoms with Crippen LogP contribution >= 0.6 is 24.0 Å². The number of aliphatic imine (C=N–C) groups is 1. The van der Waals surface area contributed by atoms with Crippen LogP contribution in [0.25, 0.3) is 0 Å². The Kier molecular flexibility index (Phi) is 9.31. The second-order valence-electron chi connectivity index (χ2n) is 7.16. The molecule has 0 spiro atoms. The Morgan fingerprint density at radius 3 is 2.57 bits per heavy atom. The molecule has 3 rings (SSSR count). The number of furan rings is 1. The van der Waals surface area contributed by atoms with E-state index < -0.39 is 0 Å². The Morgan fingerprint density at radius 2 is 1.89 bits per heavy atom. The average molecular weight is 497 g/mol. The molecule has 0 atom stereocenters. The summed E-state index contributed by atoms with van der Waals surface area (Å²) >= 11 is 0. The summed E-state index contributed by atoms with van der Waals surface area (Å²) in [7, 11) is 0. The topological polar surface area (TPSA) is 58.8 Å². The molecule has 0 radical (unpaired) electrons. The molecule has 5 nitrogen and oxygen atoms in total. The van der Waals surface area contributed by atoms with E-state index in [1.165, 1.54) is 11.1 Å². The molecule has 0 saturated carbocycles. The molecular weight excluding hydrogens is 465 g/mol. The van der Waals surface area contributed by atoms with Crippen LogP contribution in [0.1, 0.15) is 36.7 Å². The van der Waals surface area contributed by atoms with Crippen molar-refractivity contribution < 1.29 is 9.15 Å². The van der Waals surface area contributed by atoms with Crippen LogP contribution in [0.15, 0.2) is 52.1 Å². The van der Waals surface area contributed by atoms with Gasteiger partial charge in [-0.2, -0.15) is 0 Å². The van der Waals surface area contributed by atoms with E-state index in [0.29, 0.717) is 0 Å². The number of hydrogen-bond acceptors (Lipinski definition) is 3. The fraction of sp³-hybridized carbons (Fsp3) is 0.500. The normalized spacial score (nSPS) is 16.3. The number of halogens is 1. The van der Waals surface area contributed by atoms with E-state index in [1.54, 1.807) is 6.26 Å². The SMILES string of the molecule is CCNC(=NCC1(c2ccccc2C)CCOCC1)NCCc1ccco1.I. The van der Waals surface area contributed by atoms with Crippen molar-refractivity contribution in [3.8, 4) is 0 Å². The van der Waals surface area contributed by atoms with Crippen LogP contribution in [0.5, 0.6) is 0 Å². The first-order valence-electron chi connectivity index (χ1n) is 9.92. The van der Waals surface area contributed by atoms with Crippen molar-refractivity contribution in [3.05, 3.63) is 59.5 Å². The minimum Gasteiger partial charge on any atom is -0.469 e. The van der Waals surface area contributed by atoms with Crippen molar-refractivity contribution in [3.63, 3.8) is 0 Å². The molecule has 1 aliphatic heterocycles. The maximum absolute atomic E-state index is 5.66. The first-order valence-corrected chi connectivity index (χ1v) is 9.92. The highest BCUT2D eigenvalue weighted by Crippen LogP contribution is 2.37. The third-order valence-corrected chi connectivity index (χ3v) is 5.29. The van der Waals surface area contributed by atoms with Crippen molar-refractivity contribution >= 4 is 29.9 Å². The van der Waals surface area contributed by atoms with Crippen molar-refractivity contribution in [2.75, 3.05) is 32.8 Å². The van der Waals surface area contributed by atoms with Gasteiger partial charge in [0.2, 0.25) is 0 Å². The molecule has 1 aromatic heterocycles. The standard InChI is InChI=1S/C22H31N3O2.HI/c1-3-23-21(24-13-10-19-8-6-14-27-19)25-17-22(11-15-26-16-12-22)20-9-5-4-7-18(20)2;/h4-9,14H,3,10-13,15-17H2,1-2H3,(H2,23,24,25);1H. The van der Waals surface area contributed by atoms with E-state index >= 15 is 0 Å². The van der Waals surface area contributed by atoms with Crippen LogP contribution in [0.4, 0.5) is 0 Å². The van der Waals surface area contributed by atoms with Gasteiger partial charge in [-0.25, -0.2) is 0 Å². The lowest BCUT2D eigenvalue weighted by Crippen LogP contribution is -2.42. The number of nitrogens with zero attached hydrogens (tertiary/aromatic N) is 1. The molecule has 1 aromatic carbocycles. The second-order valence-corrected chi connectivity index (χ2v) is 7.16. The lowest BCUT2D eigenvalue weighted by atomic mass is 9.72. The minimum atomic E-state index is 0. The van der Waals surface area contributed by atoms with E-state index in [-0.39, 0.29) is 29.4 Å². The number of guanidine groups is 1. The predicted molar refractivity (Wildman–Crippen MR) is 125 cm³/mol. The zero-order chi connectivity index (χ0) is 19.0. The Labute approximate surface area is 185 Å². The maximum Gasteiger partial charge on any atom is 0.191 e. The van der Waals surface area contributed by atoms with Gasteiger partial charge in [0.1, 0.15) is 5.76 Å². The van der Waals surface area contributed by atoms with Gasteiger partial charge in [-0.1, -0.05) is 24.3 Å². The molecule has 0 amide bonds. The molecule has 2 aromatic rings. The van der Waals surface area contributed by atoms with E-state index in [2.05, 4.69) is 48.7 Å². The number of nitrogens with one attached hydrogen (secondary N) is 2. The van der Waals surface area contributed by atoms with E-state index in [9.17, 15) is 0 Å².